The summed E-state index contributed by atoms with van der Waals surface area (Å²) in [6.07, 6.45) is 8.28. The zero-order chi connectivity index (χ0) is 16.7. The molecule has 3 nitrogen and oxygen atoms in total. The maximum Gasteiger partial charge on any atom is 0.241 e. The Balaban J connectivity index is 1.34. The highest BCUT2D eigenvalue weighted by atomic mass is 19.1. The largest absolute Gasteiger partial charge is 0.322 e. The zero-order valence-corrected chi connectivity index (χ0v) is 14.4. The third kappa shape index (κ3) is 3.08. The molecule has 1 aromatic carbocycles. The molecule has 1 amide bonds. The van der Waals surface area contributed by atoms with Crippen LogP contribution in [-0.2, 0) is 4.79 Å². The Morgan fingerprint density at radius 1 is 1.17 bits per heavy atom. The van der Waals surface area contributed by atoms with Gasteiger partial charge in [-0.3, -0.25) is 4.79 Å². The molecule has 2 N–H and O–H groups in total. The van der Waals surface area contributed by atoms with Gasteiger partial charge in [0.15, 0.2) is 0 Å². The molecule has 0 radical (unpaired) electrons. The van der Waals surface area contributed by atoms with E-state index in [9.17, 15) is 9.18 Å². The van der Waals surface area contributed by atoms with E-state index < -0.39 is 0 Å². The average molecular weight is 330 g/mol. The summed E-state index contributed by atoms with van der Waals surface area (Å²) in [5.74, 6) is 2.20. The maximum atomic E-state index is 13.7. The molecule has 0 heterocycles. The van der Waals surface area contributed by atoms with E-state index in [1.165, 1.54) is 44.6 Å². The van der Waals surface area contributed by atoms with E-state index in [0.29, 0.717) is 5.41 Å². The van der Waals surface area contributed by atoms with Crippen molar-refractivity contribution < 1.29 is 9.18 Å². The van der Waals surface area contributed by atoms with Gasteiger partial charge < -0.3 is 10.6 Å². The van der Waals surface area contributed by atoms with Crippen molar-refractivity contribution in [1.82, 2.24) is 5.32 Å². The number of hydrogen-bond donors (Lipinski definition) is 2. The van der Waals surface area contributed by atoms with Gasteiger partial charge in [0.05, 0.1) is 11.7 Å². The Bertz CT molecular complexity index is 595. The number of halogens is 1. The van der Waals surface area contributed by atoms with Crippen molar-refractivity contribution in [2.24, 2.45) is 23.2 Å². The summed E-state index contributed by atoms with van der Waals surface area (Å²) >= 11 is 0. The number of carbonyl (C=O) groups excluding carboxylic acids is 1. The van der Waals surface area contributed by atoms with Crippen molar-refractivity contribution in [1.29, 1.82) is 0 Å². The molecule has 4 saturated carbocycles. The lowest BCUT2D eigenvalue weighted by molar-refractivity contribution is -0.118. The molecule has 4 aliphatic carbocycles. The van der Waals surface area contributed by atoms with Gasteiger partial charge >= 0.3 is 0 Å². The van der Waals surface area contributed by atoms with E-state index in [0.717, 1.165) is 24.3 Å². The maximum absolute atomic E-state index is 13.7. The highest BCUT2D eigenvalue weighted by Crippen LogP contribution is 2.59. The number of anilines is 1. The molecule has 130 valence electrons. The summed E-state index contributed by atoms with van der Waals surface area (Å²) in [5, 5.41) is 6.14. The molecule has 1 aromatic rings. The fourth-order valence-electron chi connectivity index (χ4n) is 5.77. The van der Waals surface area contributed by atoms with E-state index in [1.54, 1.807) is 18.2 Å². The third-order valence-corrected chi connectivity index (χ3v) is 6.47. The van der Waals surface area contributed by atoms with E-state index in [2.05, 4.69) is 10.6 Å². The monoisotopic (exact) mass is 330 g/mol. The highest BCUT2D eigenvalue weighted by Gasteiger charge is 2.50. The van der Waals surface area contributed by atoms with Crippen LogP contribution in [-0.4, -0.2) is 18.5 Å². The first-order chi connectivity index (χ1) is 11.5. The number of nitrogens with one attached hydrogen (secondary N) is 2. The first-order valence-electron chi connectivity index (χ1n) is 9.32. The van der Waals surface area contributed by atoms with Crippen molar-refractivity contribution in [3.63, 3.8) is 0 Å². The molecule has 0 aliphatic heterocycles. The fraction of sp³-hybridized carbons (Fsp3) is 0.650. The summed E-state index contributed by atoms with van der Waals surface area (Å²) < 4.78 is 13.7. The third-order valence-electron chi connectivity index (χ3n) is 6.47. The van der Waals surface area contributed by atoms with Crippen molar-refractivity contribution in [2.45, 2.75) is 51.5 Å². The Hall–Kier alpha value is -1.42. The van der Waals surface area contributed by atoms with Crippen LogP contribution in [0.5, 0.6) is 0 Å². The number of hydrogen-bond acceptors (Lipinski definition) is 2. The van der Waals surface area contributed by atoms with Crippen LogP contribution in [0, 0.1) is 29.0 Å². The Morgan fingerprint density at radius 3 is 2.33 bits per heavy atom. The van der Waals surface area contributed by atoms with Crippen molar-refractivity contribution >= 4 is 11.6 Å². The number of carbonyl (C=O) groups is 1. The fourth-order valence-corrected chi connectivity index (χ4v) is 5.77. The number of para-hydroxylation sites is 1. The summed E-state index contributed by atoms with van der Waals surface area (Å²) in [7, 11) is 0. The molecule has 0 unspecified atom stereocenters. The molecule has 4 aliphatic rings. The smallest absolute Gasteiger partial charge is 0.241 e. The van der Waals surface area contributed by atoms with Crippen LogP contribution in [0.15, 0.2) is 24.3 Å². The van der Waals surface area contributed by atoms with Gasteiger partial charge in [-0.2, -0.15) is 0 Å². The van der Waals surface area contributed by atoms with Crippen LogP contribution < -0.4 is 10.6 Å². The number of benzene rings is 1. The van der Waals surface area contributed by atoms with Gasteiger partial charge in [0, 0.05) is 6.54 Å². The Kier molecular flexibility index (Phi) is 4.11. The molecule has 0 spiro atoms. The molecular formula is C20H27FN2O. The molecule has 0 saturated heterocycles. The highest BCUT2D eigenvalue weighted by molar-refractivity contribution is 5.94. The van der Waals surface area contributed by atoms with Crippen LogP contribution >= 0.6 is 0 Å². The quantitative estimate of drug-likeness (QED) is 0.858. The lowest BCUT2D eigenvalue weighted by Gasteiger charge is -2.57. The van der Waals surface area contributed by atoms with E-state index in [-0.39, 0.29) is 23.5 Å². The van der Waals surface area contributed by atoms with Crippen LogP contribution in [0.4, 0.5) is 10.1 Å². The van der Waals surface area contributed by atoms with Crippen LogP contribution in [0.1, 0.15) is 45.4 Å². The first-order valence-corrected chi connectivity index (χ1v) is 9.32. The van der Waals surface area contributed by atoms with Crippen molar-refractivity contribution in [2.75, 3.05) is 11.9 Å². The molecular weight excluding hydrogens is 303 g/mol. The SMILES string of the molecule is C[C@@H](NCC12CC3CC(CC(C3)C1)C2)C(=O)Nc1ccccc1F. The van der Waals surface area contributed by atoms with E-state index in [1.807, 2.05) is 6.92 Å². The van der Waals surface area contributed by atoms with Gasteiger partial charge in [-0.15, -0.1) is 0 Å². The number of rotatable bonds is 5. The minimum Gasteiger partial charge on any atom is -0.322 e. The Morgan fingerprint density at radius 2 is 1.75 bits per heavy atom. The van der Waals surface area contributed by atoms with E-state index in [4.69, 9.17) is 0 Å². The van der Waals surface area contributed by atoms with Gasteiger partial charge in [0.2, 0.25) is 5.91 Å². The second-order valence-corrected chi connectivity index (χ2v) is 8.49. The van der Waals surface area contributed by atoms with Gasteiger partial charge in [0.1, 0.15) is 5.82 Å². The predicted octanol–water partition coefficient (Wildman–Crippen LogP) is 3.96. The molecule has 1 atom stereocenters. The normalized spacial score (nSPS) is 35.0. The van der Waals surface area contributed by atoms with Gasteiger partial charge in [0.25, 0.3) is 0 Å². The standard InChI is InChI=1S/C20H27FN2O/c1-13(19(24)23-18-5-3-2-4-17(18)21)22-12-20-9-14-6-15(10-20)8-16(7-14)11-20/h2-5,13-16,22H,6-12H2,1H3,(H,23,24)/t13-,14?,15?,16?,20?/m1/s1. The lowest BCUT2D eigenvalue weighted by atomic mass is 9.49. The van der Waals surface area contributed by atoms with Crippen molar-refractivity contribution in [3.05, 3.63) is 30.1 Å². The summed E-state index contributed by atoms with van der Waals surface area (Å²) in [6, 6.07) is 6.01. The second-order valence-electron chi connectivity index (χ2n) is 8.49. The van der Waals surface area contributed by atoms with Gasteiger partial charge in [-0.1, -0.05) is 12.1 Å². The minimum absolute atomic E-state index is 0.162. The molecule has 24 heavy (non-hydrogen) atoms. The number of amides is 1. The predicted molar refractivity (Wildman–Crippen MR) is 93.1 cm³/mol. The van der Waals surface area contributed by atoms with Crippen molar-refractivity contribution in [3.8, 4) is 0 Å². The van der Waals surface area contributed by atoms with E-state index >= 15 is 0 Å². The molecule has 0 aromatic heterocycles. The minimum atomic E-state index is -0.390. The average Bonchev–Trinajstić information content (AvgIpc) is 2.53. The van der Waals surface area contributed by atoms with Crippen LogP contribution in [0.3, 0.4) is 0 Å². The molecule has 4 fully saturated rings. The zero-order valence-electron chi connectivity index (χ0n) is 14.4. The lowest BCUT2D eigenvalue weighted by Crippen LogP contribution is -2.52. The summed E-state index contributed by atoms with van der Waals surface area (Å²) in [6.45, 7) is 2.79. The Labute approximate surface area is 143 Å². The molecule has 4 bridgehead atoms. The van der Waals surface area contributed by atoms with Gasteiger partial charge in [-0.25, -0.2) is 4.39 Å². The molecule has 4 heteroatoms. The van der Waals surface area contributed by atoms with Crippen LogP contribution in [0.2, 0.25) is 0 Å². The summed E-state index contributed by atoms with van der Waals surface area (Å²) in [5.41, 5.74) is 0.660. The topological polar surface area (TPSA) is 41.1 Å². The summed E-state index contributed by atoms with van der Waals surface area (Å²) in [4.78, 5) is 12.3. The first kappa shape index (κ1) is 16.1. The second kappa shape index (κ2) is 6.14. The van der Waals surface area contributed by atoms with Gasteiger partial charge in [-0.05, 0) is 80.8 Å². The van der Waals surface area contributed by atoms with Crippen LogP contribution in [0.25, 0.3) is 0 Å². The molecule has 5 rings (SSSR count).